The lowest BCUT2D eigenvalue weighted by molar-refractivity contribution is -0.137. The second kappa shape index (κ2) is 9.02. The van der Waals surface area contributed by atoms with E-state index < -0.39 is 11.7 Å². The van der Waals surface area contributed by atoms with Crippen LogP contribution in [0.15, 0.2) is 87.6 Å². The fraction of sp³-hybridized carbons (Fsp3) is 0.0870. The minimum Gasteiger partial charge on any atom is -0.312 e. The summed E-state index contributed by atoms with van der Waals surface area (Å²) in [4.78, 5) is 5.14. The van der Waals surface area contributed by atoms with Crippen molar-refractivity contribution >= 4 is 44.6 Å². The van der Waals surface area contributed by atoms with E-state index in [0.717, 1.165) is 33.4 Å². The molecule has 31 heavy (non-hydrogen) atoms. The lowest BCUT2D eigenvalue weighted by Gasteiger charge is -2.10. The highest BCUT2D eigenvalue weighted by Crippen LogP contribution is 2.31. The Labute approximate surface area is 194 Å². The van der Waals surface area contributed by atoms with Crippen molar-refractivity contribution < 1.29 is 13.2 Å². The van der Waals surface area contributed by atoms with Crippen molar-refractivity contribution in [3.8, 4) is 11.3 Å². The Morgan fingerprint density at radius 3 is 2.35 bits per heavy atom. The van der Waals surface area contributed by atoms with Crippen molar-refractivity contribution in [2.45, 2.75) is 12.7 Å². The molecule has 0 radical (unpaired) electrons. The van der Waals surface area contributed by atoms with Crippen molar-refractivity contribution in [3.05, 3.63) is 104 Å². The van der Waals surface area contributed by atoms with Gasteiger partial charge in [0.2, 0.25) is 0 Å². The number of thiazole rings is 1. The van der Waals surface area contributed by atoms with Gasteiger partial charge in [0.05, 0.1) is 23.5 Å². The Kier molecular flexibility index (Phi) is 6.36. The molecule has 0 saturated carbocycles. The molecular formula is C23H15BrClF3N2S. The highest BCUT2D eigenvalue weighted by molar-refractivity contribution is 9.10. The molecule has 0 aliphatic carbocycles. The zero-order valence-electron chi connectivity index (χ0n) is 15.9. The number of hydrogen-bond donors (Lipinski definition) is 0. The van der Waals surface area contributed by atoms with Crippen molar-refractivity contribution in [2.24, 2.45) is 4.99 Å². The first kappa shape index (κ1) is 21.9. The molecule has 0 saturated heterocycles. The molecular weight excluding hydrogens is 509 g/mol. The van der Waals surface area contributed by atoms with E-state index in [1.807, 2.05) is 58.5 Å². The minimum absolute atomic E-state index is 0.254. The molecule has 0 bridgehead atoms. The van der Waals surface area contributed by atoms with E-state index in [1.165, 1.54) is 17.4 Å². The van der Waals surface area contributed by atoms with Crippen molar-refractivity contribution in [1.82, 2.24) is 4.57 Å². The average Bonchev–Trinajstić information content (AvgIpc) is 3.12. The molecule has 1 heterocycles. The molecule has 0 aliphatic rings. The number of alkyl halides is 3. The van der Waals surface area contributed by atoms with Gasteiger partial charge in [-0.2, -0.15) is 13.2 Å². The average molecular weight is 524 g/mol. The van der Waals surface area contributed by atoms with Crippen LogP contribution in [0.2, 0.25) is 5.02 Å². The summed E-state index contributed by atoms with van der Waals surface area (Å²) in [6, 6.07) is 20.4. The molecule has 0 fully saturated rings. The predicted molar refractivity (Wildman–Crippen MR) is 123 cm³/mol. The van der Waals surface area contributed by atoms with E-state index in [9.17, 15) is 13.2 Å². The van der Waals surface area contributed by atoms with E-state index in [4.69, 9.17) is 11.6 Å². The maximum atomic E-state index is 13.1. The van der Waals surface area contributed by atoms with Crippen LogP contribution in [-0.4, -0.2) is 4.57 Å². The maximum Gasteiger partial charge on any atom is 0.416 e. The van der Waals surface area contributed by atoms with Gasteiger partial charge in [-0.15, -0.1) is 11.3 Å². The molecule has 158 valence electrons. The predicted octanol–water partition coefficient (Wildman–Crippen LogP) is 7.93. The van der Waals surface area contributed by atoms with Crippen molar-refractivity contribution in [2.75, 3.05) is 0 Å². The number of rotatable bonds is 4. The van der Waals surface area contributed by atoms with Gasteiger partial charge in [0, 0.05) is 14.9 Å². The van der Waals surface area contributed by atoms with Crippen LogP contribution in [0.4, 0.5) is 18.9 Å². The van der Waals surface area contributed by atoms with Crippen LogP contribution in [0, 0.1) is 0 Å². The van der Waals surface area contributed by atoms with E-state index in [2.05, 4.69) is 20.9 Å². The zero-order valence-corrected chi connectivity index (χ0v) is 19.1. The number of nitrogens with zero attached hydrogens (tertiary/aromatic N) is 2. The molecule has 2 nitrogen and oxygen atoms in total. The van der Waals surface area contributed by atoms with Gasteiger partial charge >= 0.3 is 6.18 Å². The Morgan fingerprint density at radius 2 is 1.68 bits per heavy atom. The summed E-state index contributed by atoms with van der Waals surface area (Å²) in [6.07, 6.45) is -4.41. The summed E-state index contributed by atoms with van der Waals surface area (Å²) in [6.45, 7) is 0.504. The van der Waals surface area contributed by atoms with Gasteiger partial charge in [0.15, 0.2) is 4.80 Å². The van der Waals surface area contributed by atoms with Gasteiger partial charge < -0.3 is 4.57 Å². The smallest absolute Gasteiger partial charge is 0.312 e. The summed E-state index contributed by atoms with van der Waals surface area (Å²) in [7, 11) is 0. The van der Waals surface area contributed by atoms with Crippen LogP contribution in [0.3, 0.4) is 0 Å². The molecule has 8 heteroatoms. The first-order valence-electron chi connectivity index (χ1n) is 9.20. The molecule has 0 amide bonds. The summed E-state index contributed by atoms with van der Waals surface area (Å²) >= 11 is 10.8. The Morgan fingerprint density at radius 1 is 0.968 bits per heavy atom. The summed E-state index contributed by atoms with van der Waals surface area (Å²) in [5, 5.41) is 2.60. The van der Waals surface area contributed by atoms with Crippen molar-refractivity contribution in [1.29, 1.82) is 0 Å². The van der Waals surface area contributed by atoms with Crippen LogP contribution in [0.1, 0.15) is 11.1 Å². The topological polar surface area (TPSA) is 17.3 Å². The molecule has 0 atom stereocenters. The molecule has 0 spiro atoms. The maximum absolute atomic E-state index is 13.1. The Hall–Kier alpha value is -2.35. The van der Waals surface area contributed by atoms with Crippen LogP contribution < -0.4 is 4.80 Å². The Balaban J connectivity index is 1.83. The summed E-state index contributed by atoms with van der Waals surface area (Å²) < 4.78 is 42.3. The van der Waals surface area contributed by atoms with E-state index in [-0.39, 0.29) is 5.69 Å². The third-order valence-corrected chi connectivity index (χ3v) is 6.23. The highest BCUT2D eigenvalue weighted by Gasteiger charge is 2.30. The van der Waals surface area contributed by atoms with Crippen molar-refractivity contribution in [3.63, 3.8) is 0 Å². The lowest BCUT2D eigenvalue weighted by atomic mass is 10.1. The first-order chi connectivity index (χ1) is 14.8. The standard InChI is InChI=1S/C23H15BrClF3N2S/c24-18-8-6-16(7-9-18)21-14-31-22(30(21)13-15-4-10-19(25)11-5-15)29-20-3-1-2-17(12-20)23(26,27)28/h1-12,14H,13H2. The summed E-state index contributed by atoms with van der Waals surface area (Å²) in [5.41, 5.74) is 2.45. The molecule has 4 aromatic rings. The van der Waals surface area contributed by atoms with E-state index in [1.54, 1.807) is 6.07 Å². The number of benzene rings is 3. The van der Waals surface area contributed by atoms with Crippen LogP contribution in [0.5, 0.6) is 0 Å². The number of halogens is 5. The molecule has 0 aliphatic heterocycles. The normalized spacial score (nSPS) is 12.4. The quantitative estimate of drug-likeness (QED) is 0.258. The Bertz CT molecular complexity index is 1260. The third kappa shape index (κ3) is 5.29. The third-order valence-electron chi connectivity index (χ3n) is 4.59. The largest absolute Gasteiger partial charge is 0.416 e. The van der Waals surface area contributed by atoms with E-state index >= 15 is 0 Å². The fourth-order valence-electron chi connectivity index (χ4n) is 3.06. The monoisotopic (exact) mass is 522 g/mol. The second-order valence-electron chi connectivity index (χ2n) is 6.78. The second-order valence-corrected chi connectivity index (χ2v) is 8.97. The van der Waals surface area contributed by atoms with Crippen LogP contribution in [0.25, 0.3) is 11.3 Å². The highest BCUT2D eigenvalue weighted by atomic mass is 79.9. The lowest BCUT2D eigenvalue weighted by Crippen LogP contribution is -2.16. The van der Waals surface area contributed by atoms with Gasteiger partial charge in [-0.05, 0) is 53.6 Å². The van der Waals surface area contributed by atoms with E-state index in [0.29, 0.717) is 16.4 Å². The SMILES string of the molecule is FC(F)(F)c1cccc(N=c2scc(-c3ccc(Br)cc3)n2Cc2ccc(Cl)cc2)c1. The molecule has 4 rings (SSSR count). The zero-order chi connectivity index (χ0) is 22.0. The molecule has 0 unspecified atom stereocenters. The van der Waals surface area contributed by atoms with Crippen LogP contribution in [-0.2, 0) is 12.7 Å². The number of aromatic nitrogens is 1. The molecule has 0 N–H and O–H groups in total. The minimum atomic E-state index is -4.41. The van der Waals surface area contributed by atoms with Gasteiger partial charge in [0.1, 0.15) is 0 Å². The molecule has 3 aromatic carbocycles. The summed E-state index contributed by atoms with van der Waals surface area (Å²) in [5.74, 6) is 0. The van der Waals surface area contributed by atoms with Crippen LogP contribution >= 0.6 is 38.9 Å². The van der Waals surface area contributed by atoms with Gasteiger partial charge in [-0.3, -0.25) is 0 Å². The van der Waals surface area contributed by atoms with Gasteiger partial charge in [0.25, 0.3) is 0 Å². The fourth-order valence-corrected chi connectivity index (χ4v) is 4.38. The van der Waals surface area contributed by atoms with Gasteiger partial charge in [-0.1, -0.05) is 57.9 Å². The number of hydrogen-bond acceptors (Lipinski definition) is 2. The molecule has 1 aromatic heterocycles. The van der Waals surface area contributed by atoms with Gasteiger partial charge in [-0.25, -0.2) is 4.99 Å². The first-order valence-corrected chi connectivity index (χ1v) is 11.3.